The Morgan fingerprint density at radius 3 is 2.75 bits per heavy atom. The number of nitrogens with one attached hydrogen (secondary N) is 1. The third kappa shape index (κ3) is 4.29. The first kappa shape index (κ1) is 12.5. The fourth-order valence-electron chi connectivity index (χ4n) is 1.41. The van der Waals surface area contributed by atoms with Crippen LogP contribution in [0, 0.1) is 11.2 Å². The first-order valence-electron chi connectivity index (χ1n) is 5.10. The largest absolute Gasteiger partial charge is 0.481 e. The van der Waals surface area contributed by atoms with Crippen LogP contribution >= 0.6 is 0 Å². The van der Waals surface area contributed by atoms with Crippen LogP contribution in [-0.2, 0) is 4.79 Å². The van der Waals surface area contributed by atoms with Crippen molar-refractivity contribution in [3.8, 4) is 0 Å². The molecule has 0 unspecified atom stereocenters. The van der Waals surface area contributed by atoms with E-state index < -0.39 is 5.97 Å². The van der Waals surface area contributed by atoms with Gasteiger partial charge >= 0.3 is 5.97 Å². The van der Waals surface area contributed by atoms with Gasteiger partial charge in [-0.05, 0) is 23.6 Å². The highest BCUT2D eigenvalue weighted by Crippen LogP contribution is 2.21. The smallest absolute Gasteiger partial charge is 0.303 e. The summed E-state index contributed by atoms with van der Waals surface area (Å²) in [7, 11) is 0. The minimum atomic E-state index is -0.828. The van der Waals surface area contributed by atoms with E-state index in [0.717, 1.165) is 0 Å². The minimum Gasteiger partial charge on any atom is -0.481 e. The molecule has 0 radical (unpaired) electrons. The molecule has 16 heavy (non-hydrogen) atoms. The molecule has 0 aromatic heterocycles. The molecule has 0 amide bonds. The Balaban J connectivity index is 2.54. The SMILES string of the molecule is CC(C)(CNc1cccc(F)c1)CC(=O)O. The van der Waals surface area contributed by atoms with E-state index in [1.807, 2.05) is 13.8 Å². The van der Waals surface area contributed by atoms with E-state index in [1.165, 1.54) is 12.1 Å². The second kappa shape index (κ2) is 4.96. The molecule has 0 heterocycles. The van der Waals surface area contributed by atoms with E-state index in [-0.39, 0.29) is 17.7 Å². The van der Waals surface area contributed by atoms with E-state index in [2.05, 4.69) is 5.32 Å². The third-order valence-corrected chi connectivity index (χ3v) is 2.23. The van der Waals surface area contributed by atoms with Crippen molar-refractivity contribution in [2.75, 3.05) is 11.9 Å². The molecule has 0 bridgehead atoms. The molecule has 0 aliphatic heterocycles. The summed E-state index contributed by atoms with van der Waals surface area (Å²) in [6, 6.07) is 6.12. The number of hydrogen-bond donors (Lipinski definition) is 2. The highest BCUT2D eigenvalue weighted by Gasteiger charge is 2.21. The summed E-state index contributed by atoms with van der Waals surface area (Å²) in [5.74, 6) is -1.13. The van der Waals surface area contributed by atoms with Crippen molar-refractivity contribution in [3.63, 3.8) is 0 Å². The molecule has 4 heteroatoms. The third-order valence-electron chi connectivity index (χ3n) is 2.23. The molecule has 1 aromatic carbocycles. The predicted molar refractivity (Wildman–Crippen MR) is 60.9 cm³/mol. The molecule has 0 atom stereocenters. The van der Waals surface area contributed by atoms with Gasteiger partial charge in [0, 0.05) is 12.2 Å². The molecule has 0 saturated carbocycles. The van der Waals surface area contributed by atoms with E-state index in [9.17, 15) is 9.18 Å². The Morgan fingerprint density at radius 2 is 2.19 bits per heavy atom. The summed E-state index contributed by atoms with van der Waals surface area (Å²) in [6.07, 6.45) is 0.0787. The molecule has 1 aromatic rings. The second-order valence-electron chi connectivity index (χ2n) is 4.60. The van der Waals surface area contributed by atoms with Gasteiger partial charge in [-0.25, -0.2) is 4.39 Å². The van der Waals surface area contributed by atoms with Crippen LogP contribution in [0.4, 0.5) is 10.1 Å². The van der Waals surface area contributed by atoms with Crippen LogP contribution in [0.1, 0.15) is 20.3 Å². The van der Waals surface area contributed by atoms with Crippen LogP contribution in [0.25, 0.3) is 0 Å². The Labute approximate surface area is 94.3 Å². The minimum absolute atomic E-state index is 0.0787. The molecule has 0 aliphatic rings. The summed E-state index contributed by atoms with van der Waals surface area (Å²) in [4.78, 5) is 10.6. The average molecular weight is 225 g/mol. The number of benzene rings is 1. The van der Waals surface area contributed by atoms with Crippen LogP contribution in [0.2, 0.25) is 0 Å². The van der Waals surface area contributed by atoms with Crippen molar-refractivity contribution < 1.29 is 14.3 Å². The number of carboxylic acids is 1. The summed E-state index contributed by atoms with van der Waals surface area (Å²) in [6.45, 7) is 4.20. The van der Waals surface area contributed by atoms with E-state index in [4.69, 9.17) is 5.11 Å². The van der Waals surface area contributed by atoms with Crippen molar-refractivity contribution >= 4 is 11.7 Å². The lowest BCUT2D eigenvalue weighted by molar-refractivity contribution is -0.139. The van der Waals surface area contributed by atoms with E-state index in [0.29, 0.717) is 12.2 Å². The van der Waals surface area contributed by atoms with Crippen LogP contribution < -0.4 is 5.32 Å². The quantitative estimate of drug-likeness (QED) is 0.810. The zero-order valence-corrected chi connectivity index (χ0v) is 9.46. The first-order chi connectivity index (χ1) is 7.39. The van der Waals surface area contributed by atoms with Crippen molar-refractivity contribution in [1.29, 1.82) is 0 Å². The first-order valence-corrected chi connectivity index (χ1v) is 5.10. The van der Waals surface area contributed by atoms with Gasteiger partial charge in [-0.2, -0.15) is 0 Å². The lowest BCUT2D eigenvalue weighted by Crippen LogP contribution is -2.26. The Morgan fingerprint density at radius 1 is 1.50 bits per heavy atom. The molecule has 0 saturated heterocycles. The molecule has 1 rings (SSSR count). The zero-order valence-electron chi connectivity index (χ0n) is 9.46. The molecular formula is C12H16FNO2. The zero-order chi connectivity index (χ0) is 12.2. The summed E-state index contributed by atoms with van der Waals surface area (Å²) in [5, 5.41) is 11.7. The van der Waals surface area contributed by atoms with Gasteiger partial charge in [-0.15, -0.1) is 0 Å². The summed E-state index contributed by atoms with van der Waals surface area (Å²) in [5.41, 5.74) is 0.302. The Hall–Kier alpha value is -1.58. The van der Waals surface area contributed by atoms with E-state index in [1.54, 1.807) is 12.1 Å². The number of rotatable bonds is 5. The topological polar surface area (TPSA) is 49.3 Å². The van der Waals surface area contributed by atoms with Gasteiger partial charge in [0.05, 0.1) is 6.42 Å². The number of anilines is 1. The Bertz CT molecular complexity index is 377. The van der Waals surface area contributed by atoms with Gasteiger partial charge in [0.25, 0.3) is 0 Å². The molecule has 3 nitrogen and oxygen atoms in total. The number of halogens is 1. The number of carboxylic acid groups (broad SMARTS) is 1. The Kier molecular flexibility index (Phi) is 3.88. The summed E-state index contributed by atoms with van der Waals surface area (Å²) >= 11 is 0. The highest BCUT2D eigenvalue weighted by atomic mass is 19.1. The van der Waals surface area contributed by atoms with Crippen LogP contribution in [0.3, 0.4) is 0 Å². The van der Waals surface area contributed by atoms with Crippen LogP contribution in [0.5, 0.6) is 0 Å². The maximum atomic E-state index is 12.9. The standard InChI is InChI=1S/C12H16FNO2/c1-12(2,7-11(15)16)8-14-10-5-3-4-9(13)6-10/h3-6,14H,7-8H2,1-2H3,(H,15,16). The van der Waals surface area contributed by atoms with Gasteiger partial charge in [0.15, 0.2) is 0 Å². The van der Waals surface area contributed by atoms with Crippen LogP contribution in [0.15, 0.2) is 24.3 Å². The predicted octanol–water partition coefficient (Wildman–Crippen LogP) is 2.74. The number of hydrogen-bond acceptors (Lipinski definition) is 2. The van der Waals surface area contributed by atoms with Gasteiger partial charge in [0.2, 0.25) is 0 Å². The fraction of sp³-hybridized carbons (Fsp3) is 0.417. The van der Waals surface area contributed by atoms with Gasteiger partial charge in [-0.1, -0.05) is 19.9 Å². The highest BCUT2D eigenvalue weighted by molar-refractivity contribution is 5.67. The molecule has 0 aliphatic carbocycles. The van der Waals surface area contributed by atoms with Crippen molar-refractivity contribution in [1.82, 2.24) is 0 Å². The maximum Gasteiger partial charge on any atom is 0.303 e. The molecule has 0 fully saturated rings. The lowest BCUT2D eigenvalue weighted by Gasteiger charge is -2.23. The van der Waals surface area contributed by atoms with Gasteiger partial charge < -0.3 is 10.4 Å². The molecule has 0 spiro atoms. The van der Waals surface area contributed by atoms with Crippen molar-refractivity contribution in [2.45, 2.75) is 20.3 Å². The van der Waals surface area contributed by atoms with Crippen molar-refractivity contribution in [2.24, 2.45) is 5.41 Å². The molecular weight excluding hydrogens is 209 g/mol. The van der Waals surface area contributed by atoms with Crippen molar-refractivity contribution in [3.05, 3.63) is 30.1 Å². The monoisotopic (exact) mass is 225 g/mol. The molecule has 2 N–H and O–H groups in total. The molecule has 88 valence electrons. The second-order valence-corrected chi connectivity index (χ2v) is 4.60. The average Bonchev–Trinajstić information content (AvgIpc) is 2.13. The number of carbonyl (C=O) groups is 1. The number of aliphatic carboxylic acids is 1. The van der Waals surface area contributed by atoms with Gasteiger partial charge in [-0.3, -0.25) is 4.79 Å². The lowest BCUT2D eigenvalue weighted by atomic mass is 9.89. The van der Waals surface area contributed by atoms with Crippen LogP contribution in [-0.4, -0.2) is 17.6 Å². The summed E-state index contributed by atoms with van der Waals surface area (Å²) < 4.78 is 12.9. The fourth-order valence-corrected chi connectivity index (χ4v) is 1.41. The maximum absolute atomic E-state index is 12.9. The van der Waals surface area contributed by atoms with E-state index >= 15 is 0 Å². The van der Waals surface area contributed by atoms with Gasteiger partial charge in [0.1, 0.15) is 5.82 Å². The normalized spacial score (nSPS) is 11.2.